The number of alkyl halides is 3. The van der Waals surface area contributed by atoms with Gasteiger partial charge in [0.05, 0.1) is 10.6 Å². The molecular weight excluding hydrogens is 497 g/mol. The molecule has 36 heavy (non-hydrogen) atoms. The van der Waals surface area contributed by atoms with E-state index in [4.69, 9.17) is 16.3 Å². The van der Waals surface area contributed by atoms with Crippen molar-refractivity contribution in [2.24, 2.45) is 0 Å². The molecule has 2 aromatic carbocycles. The van der Waals surface area contributed by atoms with Crippen LogP contribution in [0.1, 0.15) is 26.5 Å². The number of nitrogens with one attached hydrogen (secondary N) is 3. The highest BCUT2D eigenvalue weighted by atomic mass is 35.5. The molecule has 0 bridgehead atoms. The number of nitrogens with zero attached hydrogens (tertiary/aromatic N) is 1. The maximum Gasteiger partial charge on any atom is 0.417 e. The monoisotopic (exact) mass is 514 g/mol. The molecule has 0 radical (unpaired) electrons. The number of aromatic amines is 1. The Hall–Kier alpha value is -4.31. The van der Waals surface area contributed by atoms with Gasteiger partial charge in [0.2, 0.25) is 0 Å². The van der Waals surface area contributed by atoms with Crippen LogP contribution in [0.2, 0.25) is 5.02 Å². The fourth-order valence-corrected chi connectivity index (χ4v) is 3.51. The fraction of sp³-hybridized carbons (Fsp3) is 0.0800. The van der Waals surface area contributed by atoms with Crippen molar-refractivity contribution >= 4 is 29.1 Å². The van der Waals surface area contributed by atoms with Crippen LogP contribution in [-0.2, 0) is 6.18 Å². The van der Waals surface area contributed by atoms with Crippen LogP contribution in [0.15, 0.2) is 73.1 Å². The average molecular weight is 515 g/mol. The molecule has 0 saturated carbocycles. The van der Waals surface area contributed by atoms with Crippen LogP contribution in [0.4, 0.5) is 18.9 Å². The van der Waals surface area contributed by atoms with E-state index in [0.29, 0.717) is 17.1 Å². The van der Waals surface area contributed by atoms with Gasteiger partial charge < -0.3 is 20.4 Å². The molecule has 7 nitrogen and oxygen atoms in total. The smallest absolute Gasteiger partial charge is 0.417 e. The lowest BCUT2D eigenvalue weighted by molar-refractivity contribution is -0.137. The van der Waals surface area contributed by atoms with E-state index in [-0.39, 0.29) is 23.0 Å². The summed E-state index contributed by atoms with van der Waals surface area (Å²) in [6.07, 6.45) is -1.57. The zero-order chi connectivity index (χ0) is 25.9. The highest BCUT2D eigenvalue weighted by Crippen LogP contribution is 2.36. The summed E-state index contributed by atoms with van der Waals surface area (Å²) in [5.41, 5.74) is 0.761. The SMILES string of the molecule is CNC(=O)c1cc(Oc2ccc(-c3c[nH]c(C(=O)Nc4ccc(Cl)c(C(F)(F)F)c4)c3)cc2)ccn1. The minimum atomic E-state index is -4.64. The van der Waals surface area contributed by atoms with E-state index in [0.717, 1.165) is 17.7 Å². The Labute approximate surface area is 208 Å². The molecule has 0 unspecified atom stereocenters. The third-order valence-electron chi connectivity index (χ3n) is 5.07. The quantitative estimate of drug-likeness (QED) is 0.287. The van der Waals surface area contributed by atoms with Crippen LogP contribution in [0, 0.1) is 0 Å². The number of ether oxygens (including phenoxy) is 1. The van der Waals surface area contributed by atoms with E-state index < -0.39 is 22.7 Å². The second-order valence-corrected chi connectivity index (χ2v) is 7.94. The van der Waals surface area contributed by atoms with E-state index in [1.54, 1.807) is 42.6 Å². The van der Waals surface area contributed by atoms with Gasteiger partial charge in [0.15, 0.2) is 0 Å². The maximum absolute atomic E-state index is 13.1. The Kier molecular flexibility index (Phi) is 6.98. The van der Waals surface area contributed by atoms with Crippen molar-refractivity contribution in [1.82, 2.24) is 15.3 Å². The summed E-state index contributed by atoms with van der Waals surface area (Å²) >= 11 is 5.62. The first-order valence-corrected chi connectivity index (χ1v) is 10.8. The predicted molar refractivity (Wildman–Crippen MR) is 128 cm³/mol. The topological polar surface area (TPSA) is 96.1 Å². The number of H-pyrrole nitrogens is 1. The molecule has 0 atom stereocenters. The number of carbonyl (C=O) groups excluding carboxylic acids is 2. The maximum atomic E-state index is 13.1. The first-order chi connectivity index (χ1) is 17.1. The minimum absolute atomic E-state index is 0.0370. The fourth-order valence-electron chi connectivity index (χ4n) is 3.29. The van der Waals surface area contributed by atoms with Gasteiger partial charge in [0, 0.05) is 31.2 Å². The Morgan fingerprint density at radius 1 is 0.944 bits per heavy atom. The molecule has 2 heterocycles. The number of carbonyl (C=O) groups is 2. The van der Waals surface area contributed by atoms with Crippen molar-refractivity contribution in [3.05, 3.63) is 95.0 Å². The van der Waals surface area contributed by atoms with Gasteiger partial charge in [0.1, 0.15) is 22.9 Å². The van der Waals surface area contributed by atoms with Crippen LogP contribution in [0.3, 0.4) is 0 Å². The summed E-state index contributed by atoms with van der Waals surface area (Å²) < 4.78 is 45.0. The van der Waals surface area contributed by atoms with E-state index >= 15 is 0 Å². The highest BCUT2D eigenvalue weighted by Gasteiger charge is 2.33. The summed E-state index contributed by atoms with van der Waals surface area (Å²) in [7, 11) is 1.51. The Morgan fingerprint density at radius 2 is 1.69 bits per heavy atom. The zero-order valence-corrected chi connectivity index (χ0v) is 19.4. The van der Waals surface area contributed by atoms with E-state index in [9.17, 15) is 22.8 Å². The van der Waals surface area contributed by atoms with Gasteiger partial charge in [-0.15, -0.1) is 0 Å². The number of amides is 2. The number of hydrogen-bond acceptors (Lipinski definition) is 4. The van der Waals surface area contributed by atoms with Crippen LogP contribution in [0.5, 0.6) is 11.5 Å². The highest BCUT2D eigenvalue weighted by molar-refractivity contribution is 6.31. The molecule has 2 amide bonds. The van der Waals surface area contributed by atoms with Gasteiger partial charge in [-0.2, -0.15) is 13.2 Å². The van der Waals surface area contributed by atoms with Crippen molar-refractivity contribution in [1.29, 1.82) is 0 Å². The molecular formula is C25H18ClF3N4O3. The number of anilines is 1. The number of aromatic nitrogens is 2. The van der Waals surface area contributed by atoms with E-state index in [1.807, 2.05) is 0 Å². The standard InChI is InChI=1S/C25H18ClF3N4O3/c1-30-23(34)22-12-18(8-9-31-22)36-17-5-2-14(3-6-17)15-10-21(32-13-15)24(35)33-16-4-7-20(26)19(11-16)25(27,28)29/h2-13,32H,1H3,(H,30,34)(H,33,35). The third-order valence-corrected chi connectivity index (χ3v) is 5.40. The predicted octanol–water partition coefficient (Wildman–Crippen LogP) is 6.15. The Morgan fingerprint density at radius 3 is 2.39 bits per heavy atom. The Bertz CT molecular complexity index is 1420. The normalized spacial score (nSPS) is 11.1. The summed E-state index contributed by atoms with van der Waals surface area (Å²) in [5.74, 6) is 0.0126. The minimum Gasteiger partial charge on any atom is -0.457 e. The van der Waals surface area contributed by atoms with E-state index in [1.165, 1.54) is 25.4 Å². The molecule has 0 spiro atoms. The molecule has 0 aliphatic heterocycles. The Balaban J connectivity index is 1.44. The van der Waals surface area contributed by atoms with Crippen molar-refractivity contribution in [3.8, 4) is 22.6 Å². The molecule has 0 saturated heterocycles. The number of rotatable bonds is 6. The molecule has 4 rings (SSSR count). The molecule has 0 fully saturated rings. The van der Waals surface area contributed by atoms with E-state index in [2.05, 4.69) is 20.6 Å². The summed E-state index contributed by atoms with van der Waals surface area (Å²) in [4.78, 5) is 31.1. The number of pyridine rings is 1. The van der Waals surface area contributed by atoms with Crippen LogP contribution >= 0.6 is 11.6 Å². The zero-order valence-electron chi connectivity index (χ0n) is 18.6. The number of halogens is 4. The first kappa shape index (κ1) is 24.8. The molecule has 3 N–H and O–H groups in total. The van der Waals surface area contributed by atoms with Crippen molar-refractivity contribution in [3.63, 3.8) is 0 Å². The molecule has 4 aromatic rings. The summed E-state index contributed by atoms with van der Waals surface area (Å²) in [6.45, 7) is 0. The molecule has 2 aromatic heterocycles. The third kappa shape index (κ3) is 5.66. The lowest BCUT2D eigenvalue weighted by Gasteiger charge is -2.11. The largest absolute Gasteiger partial charge is 0.457 e. The first-order valence-electron chi connectivity index (χ1n) is 10.5. The van der Waals surface area contributed by atoms with Gasteiger partial charge >= 0.3 is 6.18 Å². The van der Waals surface area contributed by atoms with Crippen LogP contribution in [-0.4, -0.2) is 28.8 Å². The van der Waals surface area contributed by atoms with Gasteiger partial charge in [-0.1, -0.05) is 23.7 Å². The molecule has 0 aliphatic carbocycles. The van der Waals surface area contributed by atoms with Crippen molar-refractivity contribution in [2.75, 3.05) is 12.4 Å². The van der Waals surface area contributed by atoms with Crippen LogP contribution < -0.4 is 15.4 Å². The second kappa shape index (κ2) is 10.1. The van der Waals surface area contributed by atoms with Crippen LogP contribution in [0.25, 0.3) is 11.1 Å². The summed E-state index contributed by atoms with van der Waals surface area (Å²) in [5, 5.41) is 4.47. The molecule has 11 heteroatoms. The van der Waals surface area contributed by atoms with Crippen molar-refractivity contribution < 1.29 is 27.5 Å². The van der Waals surface area contributed by atoms with Gasteiger partial charge in [-0.3, -0.25) is 14.6 Å². The van der Waals surface area contributed by atoms with Gasteiger partial charge in [0.25, 0.3) is 11.8 Å². The lowest BCUT2D eigenvalue weighted by atomic mass is 10.1. The summed E-state index contributed by atoms with van der Waals surface area (Å²) in [6, 6.07) is 14.8. The molecule has 184 valence electrons. The lowest BCUT2D eigenvalue weighted by Crippen LogP contribution is -2.18. The van der Waals surface area contributed by atoms with Gasteiger partial charge in [-0.25, -0.2) is 0 Å². The number of benzene rings is 2. The average Bonchev–Trinajstić information content (AvgIpc) is 3.35. The molecule has 0 aliphatic rings. The van der Waals surface area contributed by atoms with Crippen molar-refractivity contribution in [2.45, 2.75) is 6.18 Å². The number of hydrogen-bond donors (Lipinski definition) is 3. The second-order valence-electron chi connectivity index (χ2n) is 7.53. The van der Waals surface area contributed by atoms with Gasteiger partial charge in [-0.05, 0) is 53.6 Å².